The van der Waals surface area contributed by atoms with Crippen molar-refractivity contribution < 1.29 is 19.1 Å². The summed E-state index contributed by atoms with van der Waals surface area (Å²) in [4.78, 5) is 3.85. The highest BCUT2D eigenvalue weighted by atomic mass is 16.5. The average Bonchev–Trinajstić information content (AvgIpc) is 2.88. The van der Waals surface area contributed by atoms with Crippen molar-refractivity contribution >= 4 is 0 Å². The minimum Gasteiger partial charge on any atom is -0.497 e. The first-order chi connectivity index (χ1) is 8.70. The molecule has 0 amide bonds. The fraction of sp³-hybridized carbons (Fsp3) is 0.333. The Labute approximate surface area is 104 Å². The zero-order valence-electron chi connectivity index (χ0n) is 10.2. The molecule has 0 saturated carbocycles. The molecule has 6 nitrogen and oxygen atoms in total. The lowest BCUT2D eigenvalue weighted by Crippen LogP contribution is -2.02. The van der Waals surface area contributed by atoms with Crippen LogP contribution in [0.25, 0.3) is 0 Å². The highest BCUT2D eigenvalue weighted by molar-refractivity contribution is 5.41. The van der Waals surface area contributed by atoms with Gasteiger partial charge < -0.3 is 19.1 Å². The van der Waals surface area contributed by atoms with E-state index in [0.717, 1.165) is 0 Å². The third-order valence-corrected chi connectivity index (χ3v) is 2.43. The number of hydrogen-bond acceptors (Lipinski definition) is 6. The third-order valence-electron chi connectivity index (χ3n) is 2.43. The Morgan fingerprint density at radius 2 is 2.28 bits per heavy atom. The monoisotopic (exact) mass is 250 g/mol. The molecular weight excluding hydrogens is 236 g/mol. The lowest BCUT2D eigenvalue weighted by atomic mass is 10.1. The predicted molar refractivity (Wildman–Crippen MR) is 62.3 cm³/mol. The molecule has 1 aromatic heterocycles. The Morgan fingerprint density at radius 3 is 2.89 bits per heavy atom. The van der Waals surface area contributed by atoms with Crippen molar-refractivity contribution in [2.45, 2.75) is 19.6 Å². The van der Waals surface area contributed by atoms with E-state index in [1.807, 2.05) is 0 Å². The lowest BCUT2D eigenvalue weighted by molar-refractivity contribution is 0.189. The number of aromatic nitrogens is 2. The van der Waals surface area contributed by atoms with Crippen LogP contribution in [-0.2, 0) is 6.61 Å². The van der Waals surface area contributed by atoms with Crippen LogP contribution in [-0.4, -0.2) is 22.4 Å². The number of benzene rings is 1. The van der Waals surface area contributed by atoms with Crippen molar-refractivity contribution in [3.63, 3.8) is 0 Å². The van der Waals surface area contributed by atoms with Crippen LogP contribution in [0, 0.1) is 0 Å². The van der Waals surface area contributed by atoms with Crippen LogP contribution in [0.2, 0.25) is 0 Å². The molecule has 96 valence electrons. The third kappa shape index (κ3) is 2.78. The summed E-state index contributed by atoms with van der Waals surface area (Å²) in [7, 11) is 1.57. The zero-order chi connectivity index (χ0) is 13.0. The van der Waals surface area contributed by atoms with Gasteiger partial charge in [0.15, 0.2) is 6.61 Å². The van der Waals surface area contributed by atoms with E-state index < -0.39 is 6.10 Å². The maximum Gasteiger partial charge on any atom is 0.213 e. The number of ether oxygens (including phenoxy) is 2. The Bertz CT molecular complexity index is 497. The largest absolute Gasteiger partial charge is 0.497 e. The van der Waals surface area contributed by atoms with E-state index >= 15 is 0 Å². The summed E-state index contributed by atoms with van der Waals surface area (Å²) in [6.45, 7) is 1.84. The van der Waals surface area contributed by atoms with E-state index in [0.29, 0.717) is 22.9 Å². The number of hydrogen-bond donors (Lipinski definition) is 1. The van der Waals surface area contributed by atoms with Gasteiger partial charge in [0.25, 0.3) is 0 Å². The van der Waals surface area contributed by atoms with Gasteiger partial charge in [0.2, 0.25) is 12.2 Å². The van der Waals surface area contributed by atoms with Crippen LogP contribution in [0.3, 0.4) is 0 Å². The molecule has 0 aliphatic rings. The molecule has 18 heavy (non-hydrogen) atoms. The Kier molecular flexibility index (Phi) is 3.78. The van der Waals surface area contributed by atoms with E-state index in [1.165, 1.54) is 6.39 Å². The summed E-state index contributed by atoms with van der Waals surface area (Å²) in [5.74, 6) is 1.63. The Balaban J connectivity index is 2.18. The van der Waals surface area contributed by atoms with Crippen LogP contribution >= 0.6 is 0 Å². The smallest absolute Gasteiger partial charge is 0.213 e. The molecule has 1 aromatic carbocycles. The molecule has 0 fully saturated rings. The quantitative estimate of drug-likeness (QED) is 0.870. The maximum atomic E-state index is 9.65. The second-order valence-corrected chi connectivity index (χ2v) is 3.72. The summed E-state index contributed by atoms with van der Waals surface area (Å²) in [6, 6.07) is 5.24. The SMILES string of the molecule is COc1ccc([C@@H](C)O)c(OCc2ncon2)c1. The van der Waals surface area contributed by atoms with Gasteiger partial charge in [-0.3, -0.25) is 0 Å². The van der Waals surface area contributed by atoms with Gasteiger partial charge in [0.05, 0.1) is 13.2 Å². The number of aliphatic hydroxyl groups is 1. The fourth-order valence-electron chi connectivity index (χ4n) is 1.51. The molecule has 6 heteroatoms. The summed E-state index contributed by atoms with van der Waals surface area (Å²) >= 11 is 0. The molecule has 1 heterocycles. The molecule has 0 radical (unpaired) electrons. The molecule has 0 aliphatic carbocycles. The predicted octanol–water partition coefficient (Wildman–Crippen LogP) is 1.71. The van der Waals surface area contributed by atoms with Crippen LogP contribution in [0.15, 0.2) is 29.1 Å². The highest BCUT2D eigenvalue weighted by Crippen LogP contribution is 2.29. The standard InChI is InChI=1S/C12H14N2O4/c1-8(15)10-4-3-9(16-2)5-11(10)17-6-12-13-7-18-14-12/h3-5,7-8,15H,6H2,1-2H3/t8-/m1/s1. The van der Waals surface area contributed by atoms with Gasteiger partial charge in [-0.2, -0.15) is 4.98 Å². The van der Waals surface area contributed by atoms with Gasteiger partial charge in [0, 0.05) is 11.6 Å². The van der Waals surface area contributed by atoms with E-state index in [2.05, 4.69) is 14.7 Å². The maximum absolute atomic E-state index is 9.65. The van der Waals surface area contributed by atoms with Gasteiger partial charge in [0.1, 0.15) is 11.5 Å². The van der Waals surface area contributed by atoms with Crippen molar-refractivity contribution in [3.8, 4) is 11.5 Å². The lowest BCUT2D eigenvalue weighted by Gasteiger charge is -2.13. The molecule has 0 unspecified atom stereocenters. The molecule has 1 atom stereocenters. The van der Waals surface area contributed by atoms with Crippen molar-refractivity contribution in [1.29, 1.82) is 0 Å². The number of nitrogens with zero attached hydrogens (tertiary/aromatic N) is 2. The summed E-state index contributed by atoms with van der Waals surface area (Å²) in [5.41, 5.74) is 0.680. The van der Waals surface area contributed by atoms with E-state index in [-0.39, 0.29) is 6.61 Å². The van der Waals surface area contributed by atoms with Crippen molar-refractivity contribution in [2.75, 3.05) is 7.11 Å². The van der Waals surface area contributed by atoms with Gasteiger partial charge >= 0.3 is 0 Å². The van der Waals surface area contributed by atoms with Crippen LogP contribution in [0.1, 0.15) is 24.4 Å². The Morgan fingerprint density at radius 1 is 1.44 bits per heavy atom. The van der Waals surface area contributed by atoms with E-state index in [4.69, 9.17) is 9.47 Å². The minimum atomic E-state index is -0.629. The van der Waals surface area contributed by atoms with Crippen molar-refractivity contribution in [2.24, 2.45) is 0 Å². The molecule has 0 saturated heterocycles. The number of methoxy groups -OCH3 is 1. The van der Waals surface area contributed by atoms with Gasteiger partial charge in [-0.05, 0) is 19.1 Å². The summed E-state index contributed by atoms with van der Waals surface area (Å²) in [5, 5.41) is 13.3. The first-order valence-corrected chi connectivity index (χ1v) is 5.44. The molecule has 0 aliphatic heterocycles. The van der Waals surface area contributed by atoms with Crippen LogP contribution in [0.4, 0.5) is 0 Å². The zero-order valence-corrected chi connectivity index (χ0v) is 10.2. The second-order valence-electron chi connectivity index (χ2n) is 3.72. The molecular formula is C12H14N2O4. The normalized spacial score (nSPS) is 12.2. The first kappa shape index (κ1) is 12.4. The molecule has 0 bridgehead atoms. The number of rotatable bonds is 5. The highest BCUT2D eigenvalue weighted by Gasteiger charge is 2.11. The molecule has 2 rings (SSSR count). The molecule has 0 spiro atoms. The van der Waals surface area contributed by atoms with Crippen LogP contribution in [0.5, 0.6) is 11.5 Å². The Hall–Kier alpha value is -2.08. The number of aliphatic hydroxyl groups excluding tert-OH is 1. The van der Waals surface area contributed by atoms with Gasteiger partial charge in [-0.25, -0.2) is 0 Å². The summed E-state index contributed by atoms with van der Waals surface area (Å²) in [6.07, 6.45) is 0.607. The van der Waals surface area contributed by atoms with E-state index in [1.54, 1.807) is 32.2 Å². The van der Waals surface area contributed by atoms with Crippen molar-refractivity contribution in [1.82, 2.24) is 10.1 Å². The minimum absolute atomic E-state index is 0.170. The fourth-order valence-corrected chi connectivity index (χ4v) is 1.51. The molecule has 1 N–H and O–H groups in total. The second kappa shape index (κ2) is 5.50. The van der Waals surface area contributed by atoms with Gasteiger partial charge in [-0.1, -0.05) is 5.16 Å². The topological polar surface area (TPSA) is 77.6 Å². The van der Waals surface area contributed by atoms with Crippen molar-refractivity contribution in [3.05, 3.63) is 36.0 Å². The average molecular weight is 250 g/mol. The molecule has 2 aromatic rings. The van der Waals surface area contributed by atoms with Crippen LogP contribution < -0.4 is 9.47 Å². The first-order valence-electron chi connectivity index (χ1n) is 5.44. The van der Waals surface area contributed by atoms with Gasteiger partial charge in [-0.15, -0.1) is 0 Å². The summed E-state index contributed by atoms with van der Waals surface area (Å²) < 4.78 is 15.3. The van der Waals surface area contributed by atoms with E-state index in [9.17, 15) is 5.11 Å².